The lowest BCUT2D eigenvalue weighted by Gasteiger charge is -2.16. The van der Waals surface area contributed by atoms with E-state index in [0.29, 0.717) is 27.7 Å². The summed E-state index contributed by atoms with van der Waals surface area (Å²) in [4.78, 5) is 16.8. The number of rotatable bonds is 5. The number of benzene rings is 2. The van der Waals surface area contributed by atoms with Gasteiger partial charge in [0, 0.05) is 16.6 Å². The van der Waals surface area contributed by atoms with Crippen LogP contribution in [0.1, 0.15) is 22.8 Å². The molecule has 2 aromatic carbocycles. The highest BCUT2D eigenvalue weighted by molar-refractivity contribution is 6.31. The predicted molar refractivity (Wildman–Crippen MR) is 104 cm³/mol. The summed E-state index contributed by atoms with van der Waals surface area (Å²) in [6.45, 7) is 4.04. The van der Waals surface area contributed by atoms with Crippen LogP contribution in [0, 0.1) is 6.92 Å². The monoisotopic (exact) mass is 370 g/mol. The Balaban J connectivity index is 2.21. The van der Waals surface area contributed by atoms with Crippen LogP contribution < -0.4 is 10.1 Å². The number of methoxy groups -OCH3 is 1. The fourth-order valence-electron chi connectivity index (χ4n) is 2.72. The maximum absolute atomic E-state index is 12.4. The molecule has 0 bridgehead atoms. The van der Waals surface area contributed by atoms with Crippen molar-refractivity contribution in [2.75, 3.05) is 19.0 Å². The van der Waals surface area contributed by atoms with E-state index in [-0.39, 0.29) is 6.61 Å². The summed E-state index contributed by atoms with van der Waals surface area (Å²) in [5, 5.41) is 4.67. The maximum atomic E-state index is 12.4. The van der Waals surface area contributed by atoms with Crippen molar-refractivity contribution in [2.24, 2.45) is 0 Å². The number of halogens is 1. The number of ether oxygens (including phenoxy) is 2. The molecule has 0 atom stereocenters. The molecule has 0 aliphatic carbocycles. The molecule has 3 rings (SSSR count). The zero-order valence-corrected chi connectivity index (χ0v) is 15.6. The number of nitrogens with zero attached hydrogens (tertiary/aromatic N) is 1. The number of fused-ring (bicyclic) bond motifs is 1. The number of aromatic nitrogens is 1. The predicted octanol–water partition coefficient (Wildman–Crippen LogP) is 5.13. The van der Waals surface area contributed by atoms with E-state index in [1.165, 1.54) is 6.20 Å². The second-order valence-electron chi connectivity index (χ2n) is 5.76. The molecule has 26 heavy (non-hydrogen) atoms. The minimum absolute atomic E-state index is 0.282. The van der Waals surface area contributed by atoms with Crippen molar-refractivity contribution in [3.05, 3.63) is 58.7 Å². The fourth-order valence-corrected chi connectivity index (χ4v) is 2.89. The molecule has 0 radical (unpaired) electrons. The van der Waals surface area contributed by atoms with E-state index in [9.17, 15) is 4.79 Å². The molecule has 0 spiro atoms. The molecule has 0 aliphatic rings. The van der Waals surface area contributed by atoms with Gasteiger partial charge >= 0.3 is 5.97 Å². The quantitative estimate of drug-likeness (QED) is 0.631. The Morgan fingerprint density at radius 2 is 2.04 bits per heavy atom. The van der Waals surface area contributed by atoms with Crippen molar-refractivity contribution in [3.8, 4) is 5.75 Å². The summed E-state index contributed by atoms with van der Waals surface area (Å²) < 4.78 is 10.6. The second kappa shape index (κ2) is 7.62. The zero-order chi connectivity index (χ0) is 18.7. The van der Waals surface area contributed by atoms with Gasteiger partial charge in [0.25, 0.3) is 0 Å². The van der Waals surface area contributed by atoms with Crippen LogP contribution in [0.5, 0.6) is 5.75 Å². The Morgan fingerprint density at radius 3 is 2.77 bits per heavy atom. The van der Waals surface area contributed by atoms with Crippen molar-refractivity contribution < 1.29 is 14.3 Å². The van der Waals surface area contributed by atoms with E-state index < -0.39 is 5.97 Å². The average Bonchev–Trinajstić information content (AvgIpc) is 2.62. The number of hydrogen-bond acceptors (Lipinski definition) is 5. The third-order valence-corrected chi connectivity index (χ3v) is 4.18. The van der Waals surface area contributed by atoms with Crippen molar-refractivity contribution in [1.29, 1.82) is 0 Å². The lowest BCUT2D eigenvalue weighted by atomic mass is 10.1. The highest BCUT2D eigenvalue weighted by atomic mass is 35.5. The molecule has 5 nitrogen and oxygen atoms in total. The molecule has 1 heterocycles. The standard InChI is InChI=1S/C20H19ClN2O3/c1-4-26-20(24)15-11-22-16-7-5-12(2)9-14(16)19(15)23-17-10-13(21)6-8-18(17)25-3/h5-11H,4H2,1-3H3,(H,22,23). The van der Waals surface area contributed by atoms with Crippen molar-refractivity contribution in [1.82, 2.24) is 4.98 Å². The van der Waals surface area contributed by atoms with E-state index in [1.807, 2.05) is 25.1 Å². The molecule has 134 valence electrons. The van der Waals surface area contributed by atoms with Gasteiger partial charge < -0.3 is 14.8 Å². The van der Waals surface area contributed by atoms with Gasteiger partial charge in [0.05, 0.1) is 30.6 Å². The lowest BCUT2D eigenvalue weighted by molar-refractivity contribution is 0.0527. The Labute approximate surface area is 156 Å². The summed E-state index contributed by atoms with van der Waals surface area (Å²) in [7, 11) is 1.58. The molecule has 1 N–H and O–H groups in total. The SMILES string of the molecule is CCOC(=O)c1cnc2ccc(C)cc2c1Nc1cc(Cl)ccc1OC. The number of pyridine rings is 1. The molecule has 0 aliphatic heterocycles. The van der Waals surface area contributed by atoms with Crippen molar-refractivity contribution >= 4 is 39.8 Å². The van der Waals surface area contributed by atoms with Crippen LogP contribution in [0.25, 0.3) is 10.9 Å². The van der Waals surface area contributed by atoms with E-state index in [4.69, 9.17) is 21.1 Å². The average molecular weight is 371 g/mol. The van der Waals surface area contributed by atoms with Gasteiger partial charge in [-0.1, -0.05) is 23.2 Å². The number of carbonyl (C=O) groups excluding carboxylic acids is 1. The van der Waals surface area contributed by atoms with Gasteiger partial charge in [0.1, 0.15) is 11.3 Å². The first-order valence-electron chi connectivity index (χ1n) is 8.20. The zero-order valence-electron chi connectivity index (χ0n) is 14.8. The molecular weight excluding hydrogens is 352 g/mol. The Bertz CT molecular complexity index is 973. The van der Waals surface area contributed by atoms with Gasteiger partial charge in [-0.2, -0.15) is 0 Å². The molecule has 3 aromatic rings. The van der Waals surface area contributed by atoms with Gasteiger partial charge in [-0.05, 0) is 44.2 Å². The molecule has 1 aromatic heterocycles. The molecule has 0 amide bonds. The van der Waals surface area contributed by atoms with Gasteiger partial charge in [-0.15, -0.1) is 0 Å². The van der Waals surface area contributed by atoms with Crippen LogP contribution in [-0.4, -0.2) is 24.7 Å². The Kier molecular flexibility index (Phi) is 5.28. The summed E-state index contributed by atoms with van der Waals surface area (Å²) in [5.41, 5.74) is 3.44. The summed E-state index contributed by atoms with van der Waals surface area (Å²) in [6.07, 6.45) is 1.52. The van der Waals surface area contributed by atoms with Gasteiger partial charge in [-0.3, -0.25) is 4.98 Å². The molecule has 0 unspecified atom stereocenters. The first-order chi connectivity index (χ1) is 12.5. The maximum Gasteiger partial charge on any atom is 0.341 e. The van der Waals surface area contributed by atoms with Gasteiger partial charge in [0.15, 0.2) is 0 Å². The van der Waals surface area contributed by atoms with Crippen LogP contribution in [0.15, 0.2) is 42.6 Å². The van der Waals surface area contributed by atoms with Crippen molar-refractivity contribution in [3.63, 3.8) is 0 Å². The Hall–Kier alpha value is -2.79. The smallest absolute Gasteiger partial charge is 0.341 e. The highest BCUT2D eigenvalue weighted by Gasteiger charge is 2.18. The van der Waals surface area contributed by atoms with Crippen LogP contribution in [-0.2, 0) is 4.74 Å². The van der Waals surface area contributed by atoms with E-state index in [0.717, 1.165) is 16.5 Å². The third kappa shape index (κ3) is 3.58. The molecule has 6 heteroatoms. The van der Waals surface area contributed by atoms with Crippen LogP contribution in [0.2, 0.25) is 5.02 Å². The molecule has 0 saturated carbocycles. The van der Waals surface area contributed by atoms with E-state index in [1.54, 1.807) is 32.2 Å². The summed E-state index contributed by atoms with van der Waals surface area (Å²) >= 11 is 6.14. The molecular formula is C20H19ClN2O3. The van der Waals surface area contributed by atoms with Crippen molar-refractivity contribution in [2.45, 2.75) is 13.8 Å². The number of carbonyl (C=O) groups is 1. The highest BCUT2D eigenvalue weighted by Crippen LogP contribution is 2.35. The molecule has 0 saturated heterocycles. The Morgan fingerprint density at radius 1 is 1.23 bits per heavy atom. The summed E-state index contributed by atoms with van der Waals surface area (Å²) in [5.74, 6) is 0.175. The normalized spacial score (nSPS) is 10.6. The van der Waals surface area contributed by atoms with Gasteiger partial charge in [0.2, 0.25) is 0 Å². The number of esters is 1. The third-order valence-electron chi connectivity index (χ3n) is 3.94. The molecule has 0 fully saturated rings. The number of anilines is 2. The number of nitrogens with one attached hydrogen (secondary N) is 1. The number of hydrogen-bond donors (Lipinski definition) is 1. The number of aryl methyl sites for hydroxylation is 1. The summed E-state index contributed by atoms with van der Waals surface area (Å²) in [6, 6.07) is 11.1. The van der Waals surface area contributed by atoms with Gasteiger partial charge in [-0.25, -0.2) is 4.79 Å². The first-order valence-corrected chi connectivity index (χ1v) is 8.58. The minimum Gasteiger partial charge on any atom is -0.495 e. The van der Waals surface area contributed by atoms with Crippen LogP contribution in [0.3, 0.4) is 0 Å². The largest absolute Gasteiger partial charge is 0.495 e. The van der Waals surface area contributed by atoms with E-state index >= 15 is 0 Å². The first kappa shape index (κ1) is 18.0. The topological polar surface area (TPSA) is 60.5 Å². The van der Waals surface area contributed by atoms with Crippen LogP contribution in [0.4, 0.5) is 11.4 Å². The van der Waals surface area contributed by atoms with E-state index in [2.05, 4.69) is 10.3 Å². The minimum atomic E-state index is -0.438. The fraction of sp³-hybridized carbons (Fsp3) is 0.200. The second-order valence-corrected chi connectivity index (χ2v) is 6.19. The van der Waals surface area contributed by atoms with Crippen LogP contribution >= 0.6 is 11.6 Å². The lowest BCUT2D eigenvalue weighted by Crippen LogP contribution is -2.09.